The molecule has 0 spiro atoms. The van der Waals surface area contributed by atoms with Crippen molar-refractivity contribution < 1.29 is 14.3 Å². The standard InChI is InChI=1S/C13H13FN2O2/c14-11-4-1-8(5-10(11)6-15)7-16-12(13(17)18)9-2-3-9/h1,4-5,9,12,16H,2-3,7H2,(H,17,18). The molecule has 2 N–H and O–H groups in total. The van der Waals surface area contributed by atoms with Crippen molar-refractivity contribution in [2.45, 2.75) is 25.4 Å². The van der Waals surface area contributed by atoms with E-state index >= 15 is 0 Å². The minimum Gasteiger partial charge on any atom is -0.480 e. The van der Waals surface area contributed by atoms with E-state index in [9.17, 15) is 9.18 Å². The van der Waals surface area contributed by atoms with Crippen molar-refractivity contribution in [2.24, 2.45) is 5.92 Å². The van der Waals surface area contributed by atoms with Gasteiger partial charge in [0.15, 0.2) is 0 Å². The van der Waals surface area contributed by atoms with Crippen molar-refractivity contribution in [3.05, 3.63) is 35.1 Å². The molecule has 0 bridgehead atoms. The van der Waals surface area contributed by atoms with E-state index in [0.29, 0.717) is 12.1 Å². The molecule has 4 nitrogen and oxygen atoms in total. The summed E-state index contributed by atoms with van der Waals surface area (Å²) in [5, 5.41) is 20.7. The van der Waals surface area contributed by atoms with Crippen molar-refractivity contribution in [1.82, 2.24) is 5.32 Å². The van der Waals surface area contributed by atoms with Gasteiger partial charge >= 0.3 is 5.97 Å². The molecule has 0 heterocycles. The molecular formula is C13H13FN2O2. The summed E-state index contributed by atoms with van der Waals surface area (Å²) < 4.78 is 13.1. The van der Waals surface area contributed by atoms with Crippen LogP contribution < -0.4 is 5.32 Å². The lowest BCUT2D eigenvalue weighted by atomic mass is 10.1. The van der Waals surface area contributed by atoms with Gasteiger partial charge in [0.05, 0.1) is 5.56 Å². The SMILES string of the molecule is N#Cc1cc(CNC(C(=O)O)C2CC2)ccc1F. The van der Waals surface area contributed by atoms with Gasteiger partial charge in [-0.15, -0.1) is 0 Å². The number of nitrogens with zero attached hydrogens (tertiary/aromatic N) is 1. The molecule has 0 radical (unpaired) electrons. The van der Waals surface area contributed by atoms with Crippen molar-refractivity contribution in [3.63, 3.8) is 0 Å². The zero-order chi connectivity index (χ0) is 13.1. The quantitative estimate of drug-likeness (QED) is 0.831. The molecule has 1 fully saturated rings. The molecule has 1 saturated carbocycles. The molecule has 94 valence electrons. The highest BCUT2D eigenvalue weighted by Gasteiger charge is 2.35. The molecule has 0 aromatic heterocycles. The van der Waals surface area contributed by atoms with Crippen LogP contribution in [-0.2, 0) is 11.3 Å². The van der Waals surface area contributed by atoms with E-state index in [1.165, 1.54) is 12.1 Å². The molecule has 1 aliphatic rings. The van der Waals surface area contributed by atoms with Crippen LogP contribution in [0.1, 0.15) is 24.0 Å². The number of aliphatic carboxylic acids is 1. The molecule has 1 unspecified atom stereocenters. The molecule has 0 amide bonds. The van der Waals surface area contributed by atoms with Gasteiger partial charge in [-0.2, -0.15) is 5.26 Å². The predicted molar refractivity (Wildman–Crippen MR) is 62.1 cm³/mol. The molecular weight excluding hydrogens is 235 g/mol. The van der Waals surface area contributed by atoms with Gasteiger partial charge in [0.1, 0.15) is 17.9 Å². The Morgan fingerprint density at radius 2 is 2.33 bits per heavy atom. The first kappa shape index (κ1) is 12.5. The van der Waals surface area contributed by atoms with Crippen LogP contribution >= 0.6 is 0 Å². The van der Waals surface area contributed by atoms with Crippen LogP contribution in [0.25, 0.3) is 0 Å². The normalized spacial score (nSPS) is 16.0. The van der Waals surface area contributed by atoms with Gasteiger partial charge in [-0.25, -0.2) is 4.39 Å². The van der Waals surface area contributed by atoms with Crippen LogP contribution in [0.15, 0.2) is 18.2 Å². The van der Waals surface area contributed by atoms with E-state index < -0.39 is 17.8 Å². The van der Waals surface area contributed by atoms with Gasteiger partial charge in [-0.05, 0) is 36.5 Å². The van der Waals surface area contributed by atoms with Gasteiger partial charge < -0.3 is 10.4 Å². The summed E-state index contributed by atoms with van der Waals surface area (Å²) in [6, 6.07) is 5.42. The fourth-order valence-corrected chi connectivity index (χ4v) is 1.88. The lowest BCUT2D eigenvalue weighted by Gasteiger charge is -2.13. The highest BCUT2D eigenvalue weighted by Crippen LogP contribution is 2.32. The third kappa shape index (κ3) is 2.84. The number of hydrogen-bond acceptors (Lipinski definition) is 3. The Hall–Kier alpha value is -1.93. The summed E-state index contributed by atoms with van der Waals surface area (Å²) in [7, 11) is 0. The molecule has 1 aromatic rings. The van der Waals surface area contributed by atoms with Crippen LogP contribution in [0, 0.1) is 23.1 Å². The Morgan fingerprint density at radius 1 is 1.61 bits per heavy atom. The highest BCUT2D eigenvalue weighted by atomic mass is 19.1. The predicted octanol–water partition coefficient (Wildman–Crippen LogP) is 1.65. The monoisotopic (exact) mass is 248 g/mol. The first-order valence-electron chi connectivity index (χ1n) is 5.76. The van der Waals surface area contributed by atoms with Crippen molar-refractivity contribution in [2.75, 3.05) is 0 Å². The van der Waals surface area contributed by atoms with E-state index in [0.717, 1.165) is 12.8 Å². The molecule has 0 saturated heterocycles. The zero-order valence-electron chi connectivity index (χ0n) is 9.69. The Labute approximate surface area is 104 Å². The summed E-state index contributed by atoms with van der Waals surface area (Å²) in [5.74, 6) is -1.23. The number of nitriles is 1. The summed E-state index contributed by atoms with van der Waals surface area (Å²) in [6.07, 6.45) is 1.85. The van der Waals surface area contributed by atoms with E-state index in [1.807, 2.05) is 0 Å². The summed E-state index contributed by atoms with van der Waals surface area (Å²) in [4.78, 5) is 11.0. The maximum absolute atomic E-state index is 13.1. The number of rotatable bonds is 5. The second-order valence-electron chi connectivity index (χ2n) is 4.46. The maximum atomic E-state index is 13.1. The highest BCUT2D eigenvalue weighted by molar-refractivity contribution is 5.74. The first-order valence-corrected chi connectivity index (χ1v) is 5.76. The zero-order valence-corrected chi connectivity index (χ0v) is 9.69. The summed E-state index contributed by atoms with van der Waals surface area (Å²) in [6.45, 7) is 0.322. The van der Waals surface area contributed by atoms with Crippen LogP contribution in [0.4, 0.5) is 4.39 Å². The number of nitrogens with one attached hydrogen (secondary N) is 1. The number of carboxylic acid groups (broad SMARTS) is 1. The average Bonchev–Trinajstić information content (AvgIpc) is 3.15. The lowest BCUT2D eigenvalue weighted by molar-refractivity contribution is -0.140. The van der Waals surface area contributed by atoms with E-state index in [1.54, 1.807) is 12.1 Å². The van der Waals surface area contributed by atoms with Crippen LogP contribution in [-0.4, -0.2) is 17.1 Å². The number of carboxylic acids is 1. The van der Waals surface area contributed by atoms with Crippen molar-refractivity contribution in [3.8, 4) is 6.07 Å². The summed E-state index contributed by atoms with van der Waals surface area (Å²) >= 11 is 0. The Kier molecular flexibility index (Phi) is 3.58. The fraction of sp³-hybridized carbons (Fsp3) is 0.385. The molecule has 0 aliphatic heterocycles. The smallest absolute Gasteiger partial charge is 0.320 e. The first-order chi connectivity index (χ1) is 8.61. The lowest BCUT2D eigenvalue weighted by Crippen LogP contribution is -2.38. The second kappa shape index (κ2) is 5.15. The van der Waals surface area contributed by atoms with E-state index in [-0.39, 0.29) is 11.5 Å². The minimum atomic E-state index is -0.861. The third-order valence-electron chi connectivity index (χ3n) is 3.04. The van der Waals surface area contributed by atoms with Crippen LogP contribution in [0.3, 0.4) is 0 Å². The maximum Gasteiger partial charge on any atom is 0.320 e. The van der Waals surface area contributed by atoms with Crippen LogP contribution in [0.2, 0.25) is 0 Å². The Morgan fingerprint density at radius 3 is 2.89 bits per heavy atom. The van der Waals surface area contributed by atoms with E-state index in [4.69, 9.17) is 10.4 Å². The van der Waals surface area contributed by atoms with Gasteiger partial charge in [0, 0.05) is 6.54 Å². The number of halogens is 1. The molecule has 18 heavy (non-hydrogen) atoms. The summed E-state index contributed by atoms with van der Waals surface area (Å²) in [5.41, 5.74) is 0.687. The average molecular weight is 248 g/mol. The van der Waals surface area contributed by atoms with Gasteiger partial charge in [0.2, 0.25) is 0 Å². The molecule has 1 aliphatic carbocycles. The fourth-order valence-electron chi connectivity index (χ4n) is 1.88. The van der Waals surface area contributed by atoms with Gasteiger partial charge in [-0.3, -0.25) is 4.79 Å². The molecule has 1 aromatic carbocycles. The van der Waals surface area contributed by atoms with Crippen LogP contribution in [0.5, 0.6) is 0 Å². The van der Waals surface area contributed by atoms with Gasteiger partial charge in [0.25, 0.3) is 0 Å². The Balaban J connectivity index is 2.01. The number of carbonyl (C=O) groups is 1. The largest absolute Gasteiger partial charge is 0.480 e. The van der Waals surface area contributed by atoms with Crippen molar-refractivity contribution in [1.29, 1.82) is 5.26 Å². The van der Waals surface area contributed by atoms with Gasteiger partial charge in [-0.1, -0.05) is 6.07 Å². The molecule has 1 atom stereocenters. The second-order valence-corrected chi connectivity index (χ2v) is 4.46. The van der Waals surface area contributed by atoms with E-state index in [2.05, 4.69) is 5.32 Å². The van der Waals surface area contributed by atoms with Crippen molar-refractivity contribution >= 4 is 5.97 Å². The molecule has 5 heteroatoms. The molecule has 2 rings (SSSR count). The Bertz CT molecular complexity index is 506. The number of benzene rings is 1. The topological polar surface area (TPSA) is 73.1 Å². The third-order valence-corrected chi connectivity index (χ3v) is 3.04. The minimum absolute atomic E-state index is 0.0207. The number of hydrogen-bond donors (Lipinski definition) is 2.